The number of benzene rings is 1. The lowest BCUT2D eigenvalue weighted by Gasteiger charge is -2.13. The van der Waals surface area contributed by atoms with Gasteiger partial charge in [-0.3, -0.25) is 15.0 Å². The normalized spacial score (nSPS) is 15.1. The van der Waals surface area contributed by atoms with E-state index in [0.29, 0.717) is 13.1 Å². The number of carbonyl (C=O) groups is 1. The Kier molecular flexibility index (Phi) is 2.43. The molecule has 0 radical (unpaired) electrons. The summed E-state index contributed by atoms with van der Waals surface area (Å²) in [6, 6.07) is 2.71. The Labute approximate surface area is 89.8 Å². The van der Waals surface area contributed by atoms with E-state index in [9.17, 15) is 19.3 Å². The zero-order valence-electron chi connectivity index (χ0n) is 8.14. The third-order valence-electron chi connectivity index (χ3n) is 2.25. The number of urea groups is 1. The fraction of sp³-hybridized carbons (Fsp3) is 0.222. The average molecular weight is 225 g/mol. The number of hydrogen-bond acceptors (Lipinski definition) is 3. The lowest BCUT2D eigenvalue weighted by Crippen LogP contribution is -2.27. The van der Waals surface area contributed by atoms with Gasteiger partial charge in [0, 0.05) is 19.2 Å². The molecule has 0 spiro atoms. The van der Waals surface area contributed by atoms with E-state index in [1.807, 2.05) is 0 Å². The van der Waals surface area contributed by atoms with Crippen molar-refractivity contribution in [3.63, 3.8) is 0 Å². The number of nitro groups is 1. The minimum atomic E-state index is -0.732. The Bertz CT molecular complexity index is 463. The number of nitro benzene ring substituents is 1. The molecule has 1 aliphatic heterocycles. The van der Waals surface area contributed by atoms with E-state index in [1.54, 1.807) is 0 Å². The number of anilines is 1. The van der Waals surface area contributed by atoms with Crippen molar-refractivity contribution in [1.82, 2.24) is 5.32 Å². The Morgan fingerprint density at radius 2 is 2.19 bits per heavy atom. The van der Waals surface area contributed by atoms with Crippen molar-refractivity contribution in [2.45, 2.75) is 0 Å². The Balaban J connectivity index is 2.40. The lowest BCUT2D eigenvalue weighted by atomic mass is 10.2. The van der Waals surface area contributed by atoms with E-state index in [0.717, 1.165) is 12.1 Å². The van der Waals surface area contributed by atoms with Crippen LogP contribution in [0.15, 0.2) is 18.2 Å². The van der Waals surface area contributed by atoms with Gasteiger partial charge in [-0.25, -0.2) is 9.18 Å². The molecule has 1 N–H and O–H groups in total. The molecule has 2 amide bonds. The largest absolute Gasteiger partial charge is 0.336 e. The van der Waals surface area contributed by atoms with Gasteiger partial charge in [0.1, 0.15) is 5.82 Å². The van der Waals surface area contributed by atoms with Gasteiger partial charge >= 0.3 is 6.03 Å². The van der Waals surface area contributed by atoms with Gasteiger partial charge in [0.15, 0.2) is 0 Å². The fourth-order valence-electron chi connectivity index (χ4n) is 1.54. The summed E-state index contributed by atoms with van der Waals surface area (Å²) in [5.74, 6) is -0.732. The monoisotopic (exact) mass is 225 g/mol. The first-order valence-electron chi connectivity index (χ1n) is 4.58. The molecule has 7 heteroatoms. The quantitative estimate of drug-likeness (QED) is 0.608. The summed E-state index contributed by atoms with van der Waals surface area (Å²) in [5, 5.41) is 13.1. The maximum atomic E-state index is 13.1. The number of hydrogen-bond donors (Lipinski definition) is 1. The van der Waals surface area contributed by atoms with Crippen LogP contribution in [-0.2, 0) is 0 Å². The second kappa shape index (κ2) is 3.76. The number of carbonyl (C=O) groups excluding carboxylic acids is 1. The molecule has 1 aromatic rings. The third kappa shape index (κ3) is 1.79. The van der Waals surface area contributed by atoms with E-state index >= 15 is 0 Å². The zero-order valence-corrected chi connectivity index (χ0v) is 8.14. The van der Waals surface area contributed by atoms with Crippen LogP contribution >= 0.6 is 0 Å². The smallest absolute Gasteiger partial charge is 0.322 e. The van der Waals surface area contributed by atoms with E-state index in [4.69, 9.17) is 0 Å². The van der Waals surface area contributed by atoms with Gasteiger partial charge in [-0.05, 0) is 6.07 Å². The first kappa shape index (κ1) is 10.3. The summed E-state index contributed by atoms with van der Waals surface area (Å²) in [7, 11) is 0. The number of nitrogens with one attached hydrogen (secondary N) is 1. The molecule has 0 aromatic heterocycles. The van der Waals surface area contributed by atoms with E-state index in [-0.39, 0.29) is 17.4 Å². The topological polar surface area (TPSA) is 75.5 Å². The van der Waals surface area contributed by atoms with Gasteiger partial charge in [0.05, 0.1) is 16.7 Å². The predicted molar refractivity (Wildman–Crippen MR) is 53.8 cm³/mol. The Morgan fingerprint density at radius 1 is 1.44 bits per heavy atom. The molecular formula is C9H8FN3O3. The van der Waals surface area contributed by atoms with Crippen LogP contribution in [-0.4, -0.2) is 24.0 Å². The molecule has 1 aliphatic rings. The van der Waals surface area contributed by atoms with Crippen molar-refractivity contribution in [2.24, 2.45) is 0 Å². The first-order chi connectivity index (χ1) is 7.58. The van der Waals surface area contributed by atoms with Crippen molar-refractivity contribution in [3.8, 4) is 0 Å². The van der Waals surface area contributed by atoms with Crippen LogP contribution < -0.4 is 10.2 Å². The molecule has 0 aliphatic carbocycles. The van der Waals surface area contributed by atoms with Crippen molar-refractivity contribution in [3.05, 3.63) is 34.1 Å². The molecular weight excluding hydrogens is 217 g/mol. The van der Waals surface area contributed by atoms with Gasteiger partial charge in [-0.1, -0.05) is 0 Å². The maximum Gasteiger partial charge on any atom is 0.322 e. The molecule has 2 rings (SSSR count). The standard InChI is InChI=1S/C9H8FN3O3/c10-6-3-7(5-8(4-6)13(15)16)12-2-1-11-9(12)14/h3-5H,1-2H2,(H,11,14). The summed E-state index contributed by atoms with van der Waals surface area (Å²) < 4.78 is 13.1. The Hall–Kier alpha value is -2.18. The van der Waals surface area contributed by atoms with Gasteiger partial charge < -0.3 is 5.32 Å². The molecule has 1 saturated heterocycles. The van der Waals surface area contributed by atoms with E-state index in [1.165, 1.54) is 11.0 Å². The van der Waals surface area contributed by atoms with Gasteiger partial charge in [-0.2, -0.15) is 0 Å². The third-order valence-corrected chi connectivity index (χ3v) is 2.25. The summed E-state index contributed by atoms with van der Waals surface area (Å²) in [6.45, 7) is 0.822. The summed E-state index contributed by atoms with van der Waals surface area (Å²) in [5.41, 5.74) is -0.170. The predicted octanol–water partition coefficient (Wildman–Crippen LogP) is 1.26. The van der Waals surface area contributed by atoms with Crippen LogP contribution in [0.5, 0.6) is 0 Å². The van der Waals surface area contributed by atoms with Crippen molar-refractivity contribution in [2.75, 3.05) is 18.0 Å². The van der Waals surface area contributed by atoms with Gasteiger partial charge in [-0.15, -0.1) is 0 Å². The number of amides is 2. The lowest BCUT2D eigenvalue weighted by molar-refractivity contribution is -0.385. The highest BCUT2D eigenvalue weighted by Crippen LogP contribution is 2.24. The van der Waals surface area contributed by atoms with E-state index < -0.39 is 10.7 Å². The van der Waals surface area contributed by atoms with Crippen LogP contribution in [0.2, 0.25) is 0 Å². The summed E-state index contributed by atoms with van der Waals surface area (Å²) in [6.07, 6.45) is 0. The molecule has 84 valence electrons. The highest BCUT2D eigenvalue weighted by atomic mass is 19.1. The summed E-state index contributed by atoms with van der Waals surface area (Å²) in [4.78, 5) is 22.4. The maximum absolute atomic E-state index is 13.1. The zero-order chi connectivity index (χ0) is 11.7. The minimum absolute atomic E-state index is 0.196. The molecule has 16 heavy (non-hydrogen) atoms. The molecule has 1 heterocycles. The van der Waals surface area contributed by atoms with Gasteiger partial charge in [0.2, 0.25) is 0 Å². The highest BCUT2D eigenvalue weighted by Gasteiger charge is 2.23. The molecule has 1 fully saturated rings. The van der Waals surface area contributed by atoms with Crippen LogP contribution in [0.3, 0.4) is 0 Å². The molecule has 6 nitrogen and oxygen atoms in total. The summed E-state index contributed by atoms with van der Waals surface area (Å²) >= 11 is 0. The first-order valence-corrected chi connectivity index (χ1v) is 4.58. The van der Waals surface area contributed by atoms with Crippen molar-refractivity contribution < 1.29 is 14.1 Å². The Morgan fingerprint density at radius 3 is 2.75 bits per heavy atom. The van der Waals surface area contributed by atoms with Crippen LogP contribution in [0.25, 0.3) is 0 Å². The number of halogens is 1. The highest BCUT2D eigenvalue weighted by molar-refractivity contribution is 5.94. The minimum Gasteiger partial charge on any atom is -0.336 e. The fourth-order valence-corrected chi connectivity index (χ4v) is 1.54. The molecule has 1 aromatic carbocycles. The van der Waals surface area contributed by atoms with E-state index in [2.05, 4.69) is 5.32 Å². The molecule has 0 unspecified atom stereocenters. The van der Waals surface area contributed by atoms with Crippen LogP contribution in [0.1, 0.15) is 0 Å². The molecule has 0 atom stereocenters. The number of nitrogens with zero attached hydrogens (tertiary/aromatic N) is 2. The SMILES string of the molecule is O=C1NCCN1c1cc(F)cc([N+](=O)[O-])c1. The molecule has 0 saturated carbocycles. The van der Waals surface area contributed by atoms with Crippen LogP contribution in [0, 0.1) is 15.9 Å². The average Bonchev–Trinajstić information content (AvgIpc) is 2.63. The number of non-ortho nitro benzene ring substituents is 1. The van der Waals surface area contributed by atoms with Crippen LogP contribution in [0.4, 0.5) is 20.6 Å². The van der Waals surface area contributed by atoms with Crippen molar-refractivity contribution >= 4 is 17.4 Å². The molecule has 0 bridgehead atoms. The second-order valence-corrected chi connectivity index (χ2v) is 3.31. The van der Waals surface area contributed by atoms with Gasteiger partial charge in [0.25, 0.3) is 5.69 Å². The number of rotatable bonds is 2. The second-order valence-electron chi connectivity index (χ2n) is 3.31. The van der Waals surface area contributed by atoms with Crippen molar-refractivity contribution in [1.29, 1.82) is 0 Å².